The Labute approximate surface area is 117 Å². The number of halogens is 1. The number of aromatic carboxylic acids is 1. The van der Waals surface area contributed by atoms with Crippen LogP contribution in [0.25, 0.3) is 0 Å². The lowest BCUT2D eigenvalue weighted by molar-refractivity contribution is 0.0691. The van der Waals surface area contributed by atoms with Crippen LogP contribution in [-0.4, -0.2) is 25.5 Å². The summed E-state index contributed by atoms with van der Waals surface area (Å²) in [6.45, 7) is 5.02. The summed E-state index contributed by atoms with van der Waals surface area (Å²) in [6, 6.07) is 1.74. The summed E-state index contributed by atoms with van der Waals surface area (Å²) >= 11 is 0. The van der Waals surface area contributed by atoms with Gasteiger partial charge < -0.3 is 5.11 Å². The van der Waals surface area contributed by atoms with Gasteiger partial charge in [-0.05, 0) is 37.5 Å². The van der Waals surface area contributed by atoms with Gasteiger partial charge in [-0.25, -0.2) is 22.3 Å². The maximum Gasteiger partial charge on any atom is 0.338 e. The number of rotatable bonds is 6. The number of carboxylic acids is 1. The van der Waals surface area contributed by atoms with Gasteiger partial charge in [0.25, 0.3) is 0 Å². The molecule has 0 radical (unpaired) electrons. The van der Waals surface area contributed by atoms with Crippen LogP contribution < -0.4 is 4.72 Å². The Bertz CT molecular complexity index is 609. The van der Waals surface area contributed by atoms with Gasteiger partial charge in [0.15, 0.2) is 0 Å². The van der Waals surface area contributed by atoms with Crippen LogP contribution in [0.3, 0.4) is 0 Å². The number of carboxylic acid groups (broad SMARTS) is 1. The van der Waals surface area contributed by atoms with E-state index in [0.717, 1.165) is 12.1 Å². The summed E-state index contributed by atoms with van der Waals surface area (Å²) < 4.78 is 40.4. The average molecular weight is 303 g/mol. The van der Waals surface area contributed by atoms with Crippen LogP contribution in [0, 0.1) is 12.7 Å². The van der Waals surface area contributed by atoms with Crippen molar-refractivity contribution in [3.05, 3.63) is 29.1 Å². The first-order chi connectivity index (χ1) is 9.22. The van der Waals surface area contributed by atoms with E-state index in [1.165, 1.54) is 6.92 Å². The van der Waals surface area contributed by atoms with Gasteiger partial charge in [-0.2, -0.15) is 0 Å². The molecule has 0 spiro atoms. The first-order valence-electron chi connectivity index (χ1n) is 6.28. The number of nitrogens with one attached hydrogen (secondary N) is 1. The van der Waals surface area contributed by atoms with Crippen LogP contribution in [0.5, 0.6) is 0 Å². The Morgan fingerprint density at radius 1 is 1.35 bits per heavy atom. The average Bonchev–Trinajstić information content (AvgIpc) is 2.38. The molecule has 5 nitrogen and oxygen atoms in total. The third-order valence-corrected chi connectivity index (χ3v) is 4.58. The van der Waals surface area contributed by atoms with E-state index >= 15 is 0 Å². The molecule has 0 saturated heterocycles. The zero-order valence-corrected chi connectivity index (χ0v) is 12.4. The fourth-order valence-electron chi connectivity index (χ4n) is 1.79. The van der Waals surface area contributed by atoms with Crippen LogP contribution in [0.4, 0.5) is 4.39 Å². The van der Waals surface area contributed by atoms with Crippen LogP contribution >= 0.6 is 0 Å². The van der Waals surface area contributed by atoms with Gasteiger partial charge in [0, 0.05) is 6.04 Å². The predicted molar refractivity (Wildman–Crippen MR) is 72.8 cm³/mol. The summed E-state index contributed by atoms with van der Waals surface area (Å²) in [4.78, 5) is 10.7. The largest absolute Gasteiger partial charge is 0.478 e. The minimum atomic E-state index is -3.86. The molecule has 112 valence electrons. The van der Waals surface area contributed by atoms with Gasteiger partial charge in [0.2, 0.25) is 10.0 Å². The maximum absolute atomic E-state index is 13.6. The van der Waals surface area contributed by atoms with Gasteiger partial charge in [-0.3, -0.25) is 0 Å². The highest BCUT2D eigenvalue weighted by Crippen LogP contribution is 2.20. The zero-order valence-electron chi connectivity index (χ0n) is 11.6. The molecule has 7 heteroatoms. The molecule has 20 heavy (non-hydrogen) atoms. The normalized spacial score (nSPS) is 11.8. The smallest absolute Gasteiger partial charge is 0.338 e. The lowest BCUT2D eigenvalue weighted by atomic mass is 10.1. The molecule has 0 amide bonds. The van der Waals surface area contributed by atoms with E-state index in [9.17, 15) is 17.6 Å². The number of carbonyl (C=O) groups is 1. The lowest BCUT2D eigenvalue weighted by Crippen LogP contribution is -2.34. The van der Waals surface area contributed by atoms with Gasteiger partial charge in [0.1, 0.15) is 5.82 Å². The van der Waals surface area contributed by atoms with Crippen molar-refractivity contribution in [2.45, 2.75) is 44.6 Å². The van der Waals surface area contributed by atoms with E-state index < -0.39 is 27.4 Å². The van der Waals surface area contributed by atoms with E-state index in [1.807, 2.05) is 13.8 Å². The Hall–Kier alpha value is -1.47. The fourth-order valence-corrected chi connectivity index (χ4v) is 3.30. The molecule has 0 heterocycles. The van der Waals surface area contributed by atoms with Crippen LogP contribution in [0.2, 0.25) is 0 Å². The SMILES string of the molecule is CCC(CC)NS(=O)(=O)c1cc(C)c(F)c(C(=O)O)c1. The molecule has 0 fully saturated rings. The highest BCUT2D eigenvalue weighted by Gasteiger charge is 2.22. The lowest BCUT2D eigenvalue weighted by Gasteiger charge is -2.16. The highest BCUT2D eigenvalue weighted by molar-refractivity contribution is 7.89. The Balaban J connectivity index is 3.29. The third kappa shape index (κ3) is 3.55. The standard InChI is InChI=1S/C13H18FNO4S/c1-4-9(5-2)15-20(18,19)10-6-8(3)12(14)11(7-10)13(16)17/h6-7,9,15H,4-5H2,1-3H3,(H,16,17). The Morgan fingerprint density at radius 2 is 1.90 bits per heavy atom. The van der Waals surface area contributed by atoms with Gasteiger partial charge in [-0.15, -0.1) is 0 Å². The number of benzene rings is 1. The first-order valence-corrected chi connectivity index (χ1v) is 7.77. The van der Waals surface area contributed by atoms with Crippen molar-refractivity contribution in [2.24, 2.45) is 0 Å². The molecule has 0 aliphatic rings. The van der Waals surface area contributed by atoms with Crippen LogP contribution in [0.1, 0.15) is 42.6 Å². The second-order valence-corrected chi connectivity index (χ2v) is 6.26. The molecule has 0 saturated carbocycles. The van der Waals surface area contributed by atoms with Crippen molar-refractivity contribution in [2.75, 3.05) is 0 Å². The summed E-state index contributed by atoms with van der Waals surface area (Å²) in [7, 11) is -3.86. The summed E-state index contributed by atoms with van der Waals surface area (Å²) in [5.74, 6) is -2.41. The summed E-state index contributed by atoms with van der Waals surface area (Å²) in [5, 5.41) is 8.90. The molecule has 1 aromatic rings. The van der Waals surface area contributed by atoms with E-state index in [2.05, 4.69) is 4.72 Å². The topological polar surface area (TPSA) is 83.5 Å². The monoisotopic (exact) mass is 303 g/mol. The Kier molecular flexibility index (Phi) is 5.24. The van der Waals surface area contributed by atoms with E-state index in [-0.39, 0.29) is 16.5 Å². The summed E-state index contributed by atoms with van der Waals surface area (Å²) in [5.41, 5.74) is -0.662. The predicted octanol–water partition coefficient (Wildman–Crippen LogP) is 2.30. The van der Waals surface area contributed by atoms with Crippen molar-refractivity contribution < 1.29 is 22.7 Å². The first kappa shape index (κ1) is 16.6. The number of aryl methyl sites for hydroxylation is 1. The summed E-state index contributed by atoms with van der Waals surface area (Å²) in [6.07, 6.45) is 1.23. The maximum atomic E-state index is 13.6. The van der Waals surface area contributed by atoms with Crippen molar-refractivity contribution in [3.63, 3.8) is 0 Å². The quantitative estimate of drug-likeness (QED) is 0.844. The van der Waals surface area contributed by atoms with Crippen LogP contribution in [0.15, 0.2) is 17.0 Å². The van der Waals surface area contributed by atoms with Gasteiger partial charge in [0.05, 0.1) is 10.5 Å². The fraction of sp³-hybridized carbons (Fsp3) is 0.462. The molecular weight excluding hydrogens is 285 g/mol. The number of hydrogen-bond donors (Lipinski definition) is 2. The van der Waals surface area contributed by atoms with Crippen molar-refractivity contribution in [3.8, 4) is 0 Å². The van der Waals surface area contributed by atoms with Gasteiger partial charge >= 0.3 is 5.97 Å². The van der Waals surface area contributed by atoms with Crippen molar-refractivity contribution >= 4 is 16.0 Å². The molecule has 1 rings (SSSR count). The Morgan fingerprint density at radius 3 is 2.35 bits per heavy atom. The molecule has 1 aromatic carbocycles. The van der Waals surface area contributed by atoms with Crippen LogP contribution in [-0.2, 0) is 10.0 Å². The molecule has 0 aliphatic heterocycles. The minimum absolute atomic E-state index is 0.0187. The zero-order chi connectivity index (χ0) is 15.5. The van der Waals surface area contributed by atoms with E-state index in [4.69, 9.17) is 5.11 Å². The molecule has 0 aromatic heterocycles. The van der Waals surface area contributed by atoms with Gasteiger partial charge in [-0.1, -0.05) is 13.8 Å². The molecule has 0 unspecified atom stereocenters. The van der Waals surface area contributed by atoms with E-state index in [0.29, 0.717) is 12.8 Å². The minimum Gasteiger partial charge on any atom is -0.478 e. The van der Waals surface area contributed by atoms with Crippen molar-refractivity contribution in [1.29, 1.82) is 0 Å². The van der Waals surface area contributed by atoms with Crippen molar-refractivity contribution in [1.82, 2.24) is 4.72 Å². The molecule has 0 atom stereocenters. The molecule has 0 bridgehead atoms. The molecule has 0 aliphatic carbocycles. The molecule has 2 N–H and O–H groups in total. The third-order valence-electron chi connectivity index (χ3n) is 3.08. The molecular formula is C13H18FNO4S. The second-order valence-electron chi connectivity index (χ2n) is 4.54. The van der Waals surface area contributed by atoms with E-state index in [1.54, 1.807) is 0 Å². The number of sulfonamides is 1. The second kappa shape index (κ2) is 6.32. The number of hydrogen-bond acceptors (Lipinski definition) is 3. The highest BCUT2D eigenvalue weighted by atomic mass is 32.2.